The van der Waals surface area contributed by atoms with Gasteiger partial charge < -0.3 is 5.11 Å². The Bertz CT molecular complexity index is 594. The Morgan fingerprint density at radius 2 is 1.95 bits per heavy atom. The Kier molecular flexibility index (Phi) is 4.45. The van der Waals surface area contributed by atoms with Gasteiger partial charge in [0.1, 0.15) is 12.2 Å². The highest BCUT2D eigenvalue weighted by Gasteiger charge is 2.07. The molecule has 0 fully saturated rings. The van der Waals surface area contributed by atoms with Crippen molar-refractivity contribution in [3.8, 4) is 11.3 Å². The maximum atomic E-state index is 10.7. The average molecular weight is 270 g/mol. The minimum absolute atomic E-state index is 0.154. The molecule has 0 spiro atoms. The van der Waals surface area contributed by atoms with Crippen molar-refractivity contribution >= 4 is 5.97 Å². The number of aromatic nitrogens is 2. The zero-order valence-electron chi connectivity index (χ0n) is 11.7. The summed E-state index contributed by atoms with van der Waals surface area (Å²) in [6.07, 6.45) is 2.55. The SMILES string of the molecule is CCC(C)c1ccc(-c2ccnc(CC(=O)O)n2)cc1. The van der Waals surface area contributed by atoms with Crippen molar-refractivity contribution in [1.29, 1.82) is 0 Å². The third-order valence-corrected chi connectivity index (χ3v) is 3.40. The molecule has 4 nitrogen and oxygen atoms in total. The van der Waals surface area contributed by atoms with Gasteiger partial charge in [-0.25, -0.2) is 9.97 Å². The second-order valence-corrected chi connectivity index (χ2v) is 4.86. The highest BCUT2D eigenvalue weighted by molar-refractivity contribution is 5.69. The van der Waals surface area contributed by atoms with E-state index in [0.29, 0.717) is 11.7 Å². The summed E-state index contributed by atoms with van der Waals surface area (Å²) in [5, 5.41) is 8.77. The highest BCUT2D eigenvalue weighted by Crippen LogP contribution is 2.23. The number of rotatable bonds is 5. The molecule has 104 valence electrons. The van der Waals surface area contributed by atoms with Gasteiger partial charge in [-0.1, -0.05) is 38.1 Å². The summed E-state index contributed by atoms with van der Waals surface area (Å²) in [6.45, 7) is 4.37. The number of benzene rings is 1. The molecule has 0 amide bonds. The average Bonchev–Trinajstić information content (AvgIpc) is 2.46. The van der Waals surface area contributed by atoms with Gasteiger partial charge in [0.05, 0.1) is 5.69 Å². The van der Waals surface area contributed by atoms with Gasteiger partial charge in [0, 0.05) is 11.8 Å². The second-order valence-electron chi connectivity index (χ2n) is 4.86. The summed E-state index contributed by atoms with van der Waals surface area (Å²) < 4.78 is 0. The van der Waals surface area contributed by atoms with Gasteiger partial charge >= 0.3 is 5.97 Å². The van der Waals surface area contributed by atoms with Crippen LogP contribution in [-0.4, -0.2) is 21.0 Å². The van der Waals surface area contributed by atoms with Gasteiger partial charge in [-0.2, -0.15) is 0 Å². The van der Waals surface area contributed by atoms with Crippen LogP contribution in [0.4, 0.5) is 0 Å². The molecule has 1 unspecified atom stereocenters. The molecule has 20 heavy (non-hydrogen) atoms. The Balaban J connectivity index is 2.25. The summed E-state index contributed by atoms with van der Waals surface area (Å²) in [5.74, 6) is -0.0488. The molecule has 0 aliphatic rings. The van der Waals surface area contributed by atoms with Crippen LogP contribution < -0.4 is 0 Å². The van der Waals surface area contributed by atoms with Gasteiger partial charge in [0.2, 0.25) is 0 Å². The lowest BCUT2D eigenvalue weighted by Gasteiger charge is -2.09. The molecule has 0 aliphatic heterocycles. The Morgan fingerprint density at radius 3 is 2.55 bits per heavy atom. The number of nitrogens with zero attached hydrogens (tertiary/aromatic N) is 2. The summed E-state index contributed by atoms with van der Waals surface area (Å²) in [7, 11) is 0. The van der Waals surface area contributed by atoms with Gasteiger partial charge in [0.15, 0.2) is 0 Å². The molecule has 1 atom stereocenters. The fraction of sp³-hybridized carbons (Fsp3) is 0.312. The first-order chi connectivity index (χ1) is 9.60. The highest BCUT2D eigenvalue weighted by atomic mass is 16.4. The van der Waals surface area contributed by atoms with Crippen molar-refractivity contribution < 1.29 is 9.90 Å². The zero-order valence-corrected chi connectivity index (χ0v) is 11.7. The fourth-order valence-electron chi connectivity index (χ4n) is 2.00. The van der Waals surface area contributed by atoms with Crippen molar-refractivity contribution in [2.45, 2.75) is 32.6 Å². The first-order valence-electron chi connectivity index (χ1n) is 6.74. The predicted octanol–water partition coefficient (Wildman–Crippen LogP) is 3.28. The van der Waals surface area contributed by atoms with Crippen molar-refractivity contribution in [2.24, 2.45) is 0 Å². The number of aliphatic carboxylic acids is 1. The van der Waals surface area contributed by atoms with E-state index in [4.69, 9.17) is 5.11 Å². The normalized spacial score (nSPS) is 12.1. The monoisotopic (exact) mass is 270 g/mol. The minimum atomic E-state index is -0.922. The van der Waals surface area contributed by atoms with Crippen molar-refractivity contribution in [2.75, 3.05) is 0 Å². The van der Waals surface area contributed by atoms with Crippen LogP contribution in [0.5, 0.6) is 0 Å². The largest absolute Gasteiger partial charge is 0.481 e. The summed E-state index contributed by atoms with van der Waals surface area (Å²) in [5.41, 5.74) is 3.04. The first-order valence-corrected chi connectivity index (χ1v) is 6.74. The van der Waals surface area contributed by atoms with E-state index in [9.17, 15) is 4.79 Å². The van der Waals surface area contributed by atoms with E-state index in [-0.39, 0.29) is 6.42 Å². The van der Waals surface area contributed by atoms with Crippen LogP contribution >= 0.6 is 0 Å². The smallest absolute Gasteiger partial charge is 0.311 e. The van der Waals surface area contributed by atoms with Crippen LogP contribution in [-0.2, 0) is 11.2 Å². The van der Waals surface area contributed by atoms with Crippen LogP contribution in [0.2, 0.25) is 0 Å². The number of carboxylic acid groups (broad SMARTS) is 1. The van der Waals surface area contributed by atoms with Crippen LogP contribution in [0.15, 0.2) is 36.5 Å². The molecule has 0 aliphatic carbocycles. The van der Waals surface area contributed by atoms with E-state index in [1.165, 1.54) is 5.56 Å². The van der Waals surface area contributed by atoms with Crippen LogP contribution in [0, 0.1) is 0 Å². The molecule has 1 aromatic carbocycles. The van der Waals surface area contributed by atoms with Gasteiger partial charge in [-0.3, -0.25) is 4.79 Å². The minimum Gasteiger partial charge on any atom is -0.481 e. The number of carboxylic acids is 1. The Labute approximate surface area is 118 Å². The molecule has 0 bridgehead atoms. The summed E-state index contributed by atoms with van der Waals surface area (Å²) in [6, 6.07) is 10.0. The standard InChI is InChI=1S/C16H18N2O2/c1-3-11(2)12-4-6-13(7-5-12)14-8-9-17-15(18-14)10-16(19)20/h4-9,11H,3,10H2,1-2H3,(H,19,20). The van der Waals surface area contributed by atoms with E-state index in [1.807, 2.05) is 12.1 Å². The number of hydrogen-bond donors (Lipinski definition) is 1. The molecular formula is C16H18N2O2. The number of carbonyl (C=O) groups is 1. The van der Waals surface area contributed by atoms with Crippen molar-refractivity contribution in [3.05, 3.63) is 47.9 Å². The van der Waals surface area contributed by atoms with Crippen LogP contribution in [0.1, 0.15) is 37.6 Å². The van der Waals surface area contributed by atoms with Crippen LogP contribution in [0.3, 0.4) is 0 Å². The summed E-state index contributed by atoms with van der Waals surface area (Å²) in [4.78, 5) is 18.9. The molecule has 1 N–H and O–H groups in total. The topological polar surface area (TPSA) is 63.1 Å². The molecule has 0 saturated carbocycles. The molecule has 2 rings (SSSR count). The third-order valence-electron chi connectivity index (χ3n) is 3.40. The quantitative estimate of drug-likeness (QED) is 0.905. The third kappa shape index (κ3) is 3.41. The predicted molar refractivity (Wildman–Crippen MR) is 77.5 cm³/mol. The first kappa shape index (κ1) is 14.2. The van der Waals surface area contributed by atoms with Crippen LogP contribution in [0.25, 0.3) is 11.3 Å². The Morgan fingerprint density at radius 1 is 1.25 bits per heavy atom. The lowest BCUT2D eigenvalue weighted by atomic mass is 9.97. The maximum absolute atomic E-state index is 10.7. The van der Waals surface area contributed by atoms with E-state index in [2.05, 4.69) is 35.9 Å². The van der Waals surface area contributed by atoms with E-state index in [0.717, 1.165) is 17.7 Å². The summed E-state index contributed by atoms with van der Waals surface area (Å²) >= 11 is 0. The lowest BCUT2D eigenvalue weighted by Crippen LogP contribution is -2.05. The van der Waals surface area contributed by atoms with Gasteiger partial charge in [0.25, 0.3) is 0 Å². The second kappa shape index (κ2) is 6.28. The lowest BCUT2D eigenvalue weighted by molar-refractivity contribution is -0.136. The molecule has 4 heteroatoms. The molecule has 0 saturated heterocycles. The van der Waals surface area contributed by atoms with Crippen molar-refractivity contribution in [1.82, 2.24) is 9.97 Å². The van der Waals surface area contributed by atoms with Crippen molar-refractivity contribution in [3.63, 3.8) is 0 Å². The molecular weight excluding hydrogens is 252 g/mol. The van der Waals surface area contributed by atoms with Gasteiger partial charge in [-0.15, -0.1) is 0 Å². The molecule has 1 heterocycles. The van der Waals surface area contributed by atoms with E-state index in [1.54, 1.807) is 12.3 Å². The zero-order chi connectivity index (χ0) is 14.5. The molecule has 0 radical (unpaired) electrons. The van der Waals surface area contributed by atoms with Gasteiger partial charge in [-0.05, 0) is 24.0 Å². The van der Waals surface area contributed by atoms with E-state index < -0.39 is 5.97 Å². The fourth-order valence-corrected chi connectivity index (χ4v) is 2.00. The molecule has 1 aromatic heterocycles. The van der Waals surface area contributed by atoms with E-state index >= 15 is 0 Å². The Hall–Kier alpha value is -2.23. The number of hydrogen-bond acceptors (Lipinski definition) is 3. The maximum Gasteiger partial charge on any atom is 0.311 e. The molecule has 2 aromatic rings.